The number of nitrogens with zero attached hydrogens (tertiary/aromatic N) is 2. The van der Waals surface area contributed by atoms with Gasteiger partial charge in [-0.3, -0.25) is 5.01 Å². The lowest BCUT2D eigenvalue weighted by Gasteiger charge is -2.30. The lowest BCUT2D eigenvalue weighted by Crippen LogP contribution is -3.13. The highest BCUT2D eigenvalue weighted by Gasteiger charge is 2.18. The molecule has 2 aromatic rings. The molecule has 1 aliphatic heterocycles. The lowest BCUT2D eigenvalue weighted by atomic mass is 10.2. The number of benzene rings is 2. The van der Waals surface area contributed by atoms with Crippen LogP contribution in [-0.4, -0.2) is 43.7 Å². The van der Waals surface area contributed by atoms with E-state index < -0.39 is 0 Å². The zero-order chi connectivity index (χ0) is 15.9. The zero-order valence-corrected chi connectivity index (χ0v) is 14.4. The number of quaternary nitrogens is 1. The molecule has 1 fully saturated rings. The van der Waals surface area contributed by atoms with E-state index in [9.17, 15) is 0 Å². The summed E-state index contributed by atoms with van der Waals surface area (Å²) in [6.45, 7) is 5.48. The largest absolute Gasteiger partial charge is 0.328 e. The molecule has 3 rings (SSSR count). The summed E-state index contributed by atoms with van der Waals surface area (Å²) in [6.07, 6.45) is 4.08. The van der Waals surface area contributed by atoms with Crippen molar-refractivity contribution in [2.24, 2.45) is 5.10 Å². The molecule has 0 radical (unpaired) electrons. The van der Waals surface area contributed by atoms with Crippen molar-refractivity contribution in [2.75, 3.05) is 32.4 Å². The molecule has 0 aliphatic carbocycles. The molecule has 0 bridgehead atoms. The first-order chi connectivity index (χ1) is 11.3. The molecule has 1 heterocycles. The number of hydrazone groups is 1. The summed E-state index contributed by atoms with van der Waals surface area (Å²) in [5, 5.41) is 6.83. The van der Waals surface area contributed by atoms with Crippen LogP contribution in [0.25, 0.3) is 0 Å². The van der Waals surface area contributed by atoms with Crippen LogP contribution >= 0.6 is 11.8 Å². The Bertz CT molecular complexity index is 617. The minimum absolute atomic E-state index is 1.03. The third-order valence-corrected chi connectivity index (χ3v) is 4.97. The number of nitrogens with one attached hydrogen (secondary N) is 1. The minimum atomic E-state index is 1.03. The summed E-state index contributed by atoms with van der Waals surface area (Å²) in [6, 6.07) is 19.3. The minimum Gasteiger partial charge on any atom is -0.328 e. The van der Waals surface area contributed by atoms with Crippen LogP contribution in [0.15, 0.2) is 64.6 Å². The summed E-state index contributed by atoms with van der Waals surface area (Å²) in [4.78, 5) is 2.94. The smallest absolute Gasteiger partial charge is 0.103 e. The van der Waals surface area contributed by atoms with Crippen LogP contribution in [0.1, 0.15) is 11.1 Å². The summed E-state index contributed by atoms with van der Waals surface area (Å²) < 4.78 is 0. The third kappa shape index (κ3) is 4.85. The lowest BCUT2D eigenvalue weighted by molar-refractivity contribution is -0.918. The molecule has 0 aromatic heterocycles. The van der Waals surface area contributed by atoms with Crippen LogP contribution in [0, 0.1) is 0 Å². The van der Waals surface area contributed by atoms with Crippen molar-refractivity contribution in [3.63, 3.8) is 0 Å². The standard InChI is InChI=1S/C19H23N3S/c1-23-19-9-7-17(8-10-19)15-20-22-13-11-21(12-14-22)16-18-5-3-2-4-6-18/h2-10,15H,11-14,16H2,1H3/p+1/b20-15+. The molecule has 0 saturated carbocycles. The Labute approximate surface area is 143 Å². The van der Waals surface area contributed by atoms with Crippen molar-refractivity contribution < 1.29 is 4.90 Å². The number of piperazine rings is 1. The number of hydrogen-bond donors (Lipinski definition) is 1. The van der Waals surface area contributed by atoms with Gasteiger partial charge < -0.3 is 4.90 Å². The first-order valence-corrected chi connectivity index (χ1v) is 9.36. The fraction of sp³-hybridized carbons (Fsp3) is 0.316. The molecule has 120 valence electrons. The summed E-state index contributed by atoms with van der Waals surface area (Å²) in [7, 11) is 0. The molecule has 2 aromatic carbocycles. The van der Waals surface area contributed by atoms with Gasteiger partial charge in [-0.05, 0) is 24.0 Å². The zero-order valence-electron chi connectivity index (χ0n) is 13.6. The van der Waals surface area contributed by atoms with Gasteiger partial charge in [-0.15, -0.1) is 11.8 Å². The van der Waals surface area contributed by atoms with Crippen molar-refractivity contribution in [1.82, 2.24) is 5.01 Å². The summed E-state index contributed by atoms with van der Waals surface area (Å²) in [5.74, 6) is 0. The Kier molecular flexibility index (Phi) is 5.72. The van der Waals surface area contributed by atoms with Crippen molar-refractivity contribution in [3.05, 3.63) is 65.7 Å². The fourth-order valence-electron chi connectivity index (χ4n) is 2.83. The SMILES string of the molecule is CSc1ccc(/C=N/N2CC[NH+](Cc3ccccc3)CC2)cc1. The third-order valence-electron chi connectivity index (χ3n) is 4.23. The van der Waals surface area contributed by atoms with Gasteiger partial charge in [0.15, 0.2) is 0 Å². The van der Waals surface area contributed by atoms with E-state index in [2.05, 4.69) is 71.0 Å². The number of hydrogen-bond acceptors (Lipinski definition) is 3. The quantitative estimate of drug-likeness (QED) is 0.671. The number of thioether (sulfide) groups is 1. The first kappa shape index (κ1) is 16.1. The molecule has 0 atom stereocenters. The maximum absolute atomic E-state index is 4.64. The molecule has 1 saturated heterocycles. The van der Waals surface area contributed by atoms with E-state index in [0.29, 0.717) is 0 Å². The average molecular weight is 326 g/mol. The molecule has 0 unspecified atom stereocenters. The van der Waals surface area contributed by atoms with E-state index in [0.717, 1.165) is 32.7 Å². The van der Waals surface area contributed by atoms with E-state index in [-0.39, 0.29) is 0 Å². The maximum Gasteiger partial charge on any atom is 0.103 e. The van der Waals surface area contributed by atoms with Gasteiger partial charge in [-0.1, -0.05) is 42.5 Å². The predicted octanol–water partition coefficient (Wildman–Crippen LogP) is 2.14. The van der Waals surface area contributed by atoms with Crippen LogP contribution < -0.4 is 4.90 Å². The molecule has 0 spiro atoms. The average Bonchev–Trinajstić information content (AvgIpc) is 2.62. The Balaban J connectivity index is 1.47. The Morgan fingerprint density at radius 2 is 1.74 bits per heavy atom. The van der Waals surface area contributed by atoms with Gasteiger partial charge in [0.25, 0.3) is 0 Å². The van der Waals surface area contributed by atoms with Crippen molar-refractivity contribution in [2.45, 2.75) is 11.4 Å². The van der Waals surface area contributed by atoms with E-state index in [1.165, 1.54) is 16.0 Å². The highest BCUT2D eigenvalue weighted by Crippen LogP contribution is 2.14. The first-order valence-electron chi connectivity index (χ1n) is 8.14. The van der Waals surface area contributed by atoms with Crippen LogP contribution in [-0.2, 0) is 6.54 Å². The molecular weight excluding hydrogens is 302 g/mol. The second-order valence-corrected chi connectivity index (χ2v) is 6.76. The molecule has 3 nitrogen and oxygen atoms in total. The van der Waals surface area contributed by atoms with Gasteiger partial charge in [0.1, 0.15) is 6.54 Å². The summed E-state index contributed by atoms with van der Waals surface area (Å²) in [5.41, 5.74) is 2.59. The normalized spacial score (nSPS) is 16.1. The van der Waals surface area contributed by atoms with Gasteiger partial charge in [-0.25, -0.2) is 0 Å². The van der Waals surface area contributed by atoms with Crippen LogP contribution in [0.4, 0.5) is 0 Å². The Hall–Kier alpha value is -1.78. The van der Waals surface area contributed by atoms with Gasteiger partial charge in [-0.2, -0.15) is 5.10 Å². The second-order valence-electron chi connectivity index (χ2n) is 5.88. The maximum atomic E-state index is 4.64. The molecular formula is C19H24N3S+. The van der Waals surface area contributed by atoms with Gasteiger partial charge in [0.05, 0.1) is 32.4 Å². The van der Waals surface area contributed by atoms with Crippen molar-refractivity contribution in [3.8, 4) is 0 Å². The van der Waals surface area contributed by atoms with Crippen LogP contribution in [0.3, 0.4) is 0 Å². The van der Waals surface area contributed by atoms with Crippen LogP contribution in [0.5, 0.6) is 0 Å². The molecule has 4 heteroatoms. The molecule has 23 heavy (non-hydrogen) atoms. The topological polar surface area (TPSA) is 20.0 Å². The van der Waals surface area contributed by atoms with Crippen molar-refractivity contribution >= 4 is 18.0 Å². The molecule has 0 amide bonds. The van der Waals surface area contributed by atoms with E-state index in [1.54, 1.807) is 16.7 Å². The van der Waals surface area contributed by atoms with Crippen molar-refractivity contribution in [1.29, 1.82) is 0 Å². The number of rotatable bonds is 5. The van der Waals surface area contributed by atoms with E-state index in [4.69, 9.17) is 0 Å². The monoisotopic (exact) mass is 326 g/mol. The van der Waals surface area contributed by atoms with Gasteiger partial charge in [0.2, 0.25) is 0 Å². The van der Waals surface area contributed by atoms with Crippen LogP contribution in [0.2, 0.25) is 0 Å². The fourth-order valence-corrected chi connectivity index (χ4v) is 3.23. The Morgan fingerprint density at radius 1 is 1.04 bits per heavy atom. The highest BCUT2D eigenvalue weighted by atomic mass is 32.2. The Morgan fingerprint density at radius 3 is 2.39 bits per heavy atom. The second kappa shape index (κ2) is 8.18. The van der Waals surface area contributed by atoms with E-state index in [1.807, 2.05) is 6.21 Å². The predicted molar refractivity (Wildman–Crippen MR) is 98.2 cm³/mol. The highest BCUT2D eigenvalue weighted by molar-refractivity contribution is 7.98. The summed E-state index contributed by atoms with van der Waals surface area (Å²) >= 11 is 1.77. The van der Waals surface area contributed by atoms with E-state index >= 15 is 0 Å². The molecule has 1 aliphatic rings. The van der Waals surface area contributed by atoms with Gasteiger partial charge in [0, 0.05) is 10.5 Å². The molecule has 1 N–H and O–H groups in total. The van der Waals surface area contributed by atoms with Gasteiger partial charge >= 0.3 is 0 Å².